The fraction of sp³-hybridized carbons (Fsp3) is 0. The summed E-state index contributed by atoms with van der Waals surface area (Å²) >= 11 is 3.31. The number of aromatic amines is 1. The Morgan fingerprint density at radius 3 is 1.92 bits per heavy atom. The van der Waals surface area contributed by atoms with Crippen LogP contribution >= 0.6 is 15.9 Å². The number of nitrogen functional groups attached to an aromatic ring is 1. The van der Waals surface area contributed by atoms with Gasteiger partial charge in [0.05, 0.1) is 0 Å². The van der Waals surface area contributed by atoms with Crippen LogP contribution in [0.3, 0.4) is 0 Å². The van der Waals surface area contributed by atoms with Crippen LogP contribution in [0, 0.1) is 0 Å². The predicted octanol–water partition coefficient (Wildman–Crippen LogP) is 3.05. The molecule has 0 saturated heterocycles. The molecule has 13 heavy (non-hydrogen) atoms. The highest BCUT2D eigenvalue weighted by molar-refractivity contribution is 9.10. The van der Waals surface area contributed by atoms with Gasteiger partial charge in [-0.05, 0) is 24.3 Å². The first-order valence-corrected chi connectivity index (χ1v) is 4.68. The lowest BCUT2D eigenvalue weighted by Gasteiger charge is -1.80. The van der Waals surface area contributed by atoms with E-state index in [1.807, 2.05) is 36.4 Å². The molecule has 0 saturated carbocycles. The minimum absolute atomic E-state index is 0.718. The van der Waals surface area contributed by atoms with Crippen LogP contribution in [0.15, 0.2) is 53.1 Å². The molecule has 1 heterocycles. The zero-order valence-corrected chi connectivity index (χ0v) is 8.66. The average Bonchev–Trinajstić information content (AvgIpc) is 2.58. The molecule has 0 radical (unpaired) electrons. The molecule has 1 aromatic carbocycles. The maximum atomic E-state index is 5.22. The molecule has 0 bridgehead atoms. The second-order valence-corrected chi connectivity index (χ2v) is 3.34. The third kappa shape index (κ3) is 4.38. The third-order valence-electron chi connectivity index (χ3n) is 1.36. The summed E-state index contributed by atoms with van der Waals surface area (Å²) in [6, 6.07) is 13.6. The molecule has 0 aliphatic rings. The summed E-state index contributed by atoms with van der Waals surface area (Å²) in [6.45, 7) is 0. The summed E-state index contributed by atoms with van der Waals surface area (Å²) in [7, 11) is 0. The SMILES string of the molecule is Brc1ccccc1.Nc1ccc[nH]1. The highest BCUT2D eigenvalue weighted by Gasteiger charge is 1.74. The molecule has 2 nitrogen and oxygen atoms in total. The van der Waals surface area contributed by atoms with E-state index in [2.05, 4.69) is 20.9 Å². The first-order valence-electron chi connectivity index (χ1n) is 3.88. The van der Waals surface area contributed by atoms with Crippen molar-refractivity contribution in [2.75, 3.05) is 5.73 Å². The number of aromatic nitrogens is 1. The lowest BCUT2D eigenvalue weighted by atomic mass is 10.4. The summed E-state index contributed by atoms with van der Waals surface area (Å²) < 4.78 is 1.13. The van der Waals surface area contributed by atoms with E-state index in [0.717, 1.165) is 10.3 Å². The molecule has 3 N–H and O–H groups in total. The van der Waals surface area contributed by atoms with E-state index < -0.39 is 0 Å². The van der Waals surface area contributed by atoms with E-state index in [0.29, 0.717) is 0 Å². The Bertz CT molecular complexity index is 316. The lowest BCUT2D eigenvalue weighted by molar-refractivity contribution is 1.42. The molecule has 3 heteroatoms. The normalized spacial score (nSPS) is 8.69. The van der Waals surface area contributed by atoms with Crippen molar-refractivity contribution >= 4 is 21.7 Å². The third-order valence-corrected chi connectivity index (χ3v) is 1.88. The summed E-state index contributed by atoms with van der Waals surface area (Å²) in [6.07, 6.45) is 1.79. The van der Waals surface area contributed by atoms with Crippen LogP contribution in [-0.4, -0.2) is 4.98 Å². The van der Waals surface area contributed by atoms with E-state index in [-0.39, 0.29) is 0 Å². The summed E-state index contributed by atoms with van der Waals surface area (Å²) in [5.74, 6) is 0.718. The van der Waals surface area contributed by atoms with Gasteiger partial charge in [-0.25, -0.2) is 0 Å². The Hall–Kier alpha value is -1.22. The van der Waals surface area contributed by atoms with E-state index in [9.17, 15) is 0 Å². The van der Waals surface area contributed by atoms with Gasteiger partial charge in [0.1, 0.15) is 5.82 Å². The van der Waals surface area contributed by atoms with Gasteiger partial charge in [-0.1, -0.05) is 34.1 Å². The molecule has 2 rings (SSSR count). The zero-order valence-electron chi connectivity index (χ0n) is 7.07. The van der Waals surface area contributed by atoms with Crippen LogP contribution in [0.1, 0.15) is 0 Å². The summed E-state index contributed by atoms with van der Waals surface area (Å²) in [5, 5.41) is 0. The van der Waals surface area contributed by atoms with Crippen LogP contribution in [0.5, 0.6) is 0 Å². The van der Waals surface area contributed by atoms with Gasteiger partial charge >= 0.3 is 0 Å². The van der Waals surface area contributed by atoms with Crippen LogP contribution in [0.25, 0.3) is 0 Å². The maximum absolute atomic E-state index is 5.22. The van der Waals surface area contributed by atoms with Gasteiger partial charge in [-0.15, -0.1) is 0 Å². The van der Waals surface area contributed by atoms with Gasteiger partial charge < -0.3 is 10.7 Å². The van der Waals surface area contributed by atoms with Crippen molar-refractivity contribution in [3.63, 3.8) is 0 Å². The standard InChI is InChI=1S/C6H5Br.C4H6N2/c7-6-4-2-1-3-5-6;5-4-2-1-3-6-4/h1-5H;1-3,6H,5H2. The molecule has 0 aliphatic heterocycles. The van der Waals surface area contributed by atoms with Crippen molar-refractivity contribution in [1.29, 1.82) is 0 Å². The molecular formula is C10H11BrN2. The van der Waals surface area contributed by atoms with Gasteiger partial charge in [0, 0.05) is 10.7 Å². The van der Waals surface area contributed by atoms with Gasteiger partial charge in [0.25, 0.3) is 0 Å². The Morgan fingerprint density at radius 2 is 1.69 bits per heavy atom. The number of nitrogens with two attached hydrogens (primary N) is 1. The first kappa shape index (κ1) is 9.86. The molecule has 0 aliphatic carbocycles. The fourth-order valence-electron chi connectivity index (χ4n) is 0.759. The van der Waals surface area contributed by atoms with Crippen LogP contribution in [0.4, 0.5) is 5.82 Å². The molecule has 2 aromatic rings. The zero-order chi connectivity index (χ0) is 9.52. The predicted molar refractivity (Wildman–Crippen MR) is 59.3 cm³/mol. The molecule has 68 valence electrons. The van der Waals surface area contributed by atoms with E-state index in [1.54, 1.807) is 12.3 Å². The van der Waals surface area contributed by atoms with Crippen molar-refractivity contribution in [3.05, 3.63) is 53.1 Å². The Balaban J connectivity index is 0.000000132. The quantitative estimate of drug-likeness (QED) is 0.728. The molecule has 0 atom stereocenters. The van der Waals surface area contributed by atoms with Gasteiger partial charge in [-0.3, -0.25) is 0 Å². The number of H-pyrrole nitrogens is 1. The smallest absolute Gasteiger partial charge is 0.100 e. The highest BCUT2D eigenvalue weighted by Crippen LogP contribution is 2.05. The average molecular weight is 239 g/mol. The topological polar surface area (TPSA) is 41.8 Å². The highest BCUT2D eigenvalue weighted by atomic mass is 79.9. The van der Waals surface area contributed by atoms with Crippen molar-refractivity contribution in [2.45, 2.75) is 0 Å². The number of anilines is 1. The number of benzene rings is 1. The van der Waals surface area contributed by atoms with E-state index >= 15 is 0 Å². The lowest BCUT2D eigenvalue weighted by Crippen LogP contribution is -1.79. The second-order valence-electron chi connectivity index (χ2n) is 2.42. The molecule has 0 fully saturated rings. The van der Waals surface area contributed by atoms with Gasteiger partial charge in [0.15, 0.2) is 0 Å². The Labute approximate surface area is 85.9 Å². The number of hydrogen-bond acceptors (Lipinski definition) is 1. The van der Waals surface area contributed by atoms with Crippen LogP contribution < -0.4 is 5.73 Å². The monoisotopic (exact) mass is 238 g/mol. The number of halogens is 1. The van der Waals surface area contributed by atoms with Crippen LogP contribution in [-0.2, 0) is 0 Å². The summed E-state index contributed by atoms with van der Waals surface area (Å²) in [4.78, 5) is 2.78. The first-order chi connectivity index (χ1) is 6.29. The molecule has 0 spiro atoms. The minimum Gasteiger partial charge on any atom is -0.385 e. The second kappa shape index (κ2) is 5.43. The van der Waals surface area contributed by atoms with Crippen molar-refractivity contribution < 1.29 is 0 Å². The van der Waals surface area contributed by atoms with Crippen molar-refractivity contribution in [1.82, 2.24) is 4.98 Å². The number of hydrogen-bond donors (Lipinski definition) is 2. The van der Waals surface area contributed by atoms with Crippen molar-refractivity contribution in [2.24, 2.45) is 0 Å². The number of rotatable bonds is 0. The minimum atomic E-state index is 0.718. The van der Waals surface area contributed by atoms with E-state index in [4.69, 9.17) is 5.73 Å². The maximum Gasteiger partial charge on any atom is 0.100 e. The molecule has 1 aromatic heterocycles. The summed E-state index contributed by atoms with van der Waals surface area (Å²) in [5.41, 5.74) is 5.22. The van der Waals surface area contributed by atoms with Crippen LogP contribution in [0.2, 0.25) is 0 Å². The van der Waals surface area contributed by atoms with Gasteiger partial charge in [0.2, 0.25) is 0 Å². The largest absolute Gasteiger partial charge is 0.385 e. The van der Waals surface area contributed by atoms with Crippen molar-refractivity contribution in [3.8, 4) is 0 Å². The van der Waals surface area contributed by atoms with Gasteiger partial charge in [-0.2, -0.15) is 0 Å². The molecule has 0 amide bonds. The Morgan fingerprint density at radius 1 is 1.00 bits per heavy atom. The Kier molecular flexibility index (Phi) is 4.12. The molecule has 0 unspecified atom stereocenters. The number of nitrogens with one attached hydrogen (secondary N) is 1. The van der Waals surface area contributed by atoms with E-state index in [1.165, 1.54) is 0 Å². The fourth-order valence-corrected chi connectivity index (χ4v) is 1.06. The molecular weight excluding hydrogens is 228 g/mol.